The van der Waals surface area contributed by atoms with Crippen molar-refractivity contribution in [2.24, 2.45) is 0 Å². The standard InChI is InChI=1S/C23H25NO4/c1-3-19(28-20-14-8-10-17-9-4-5-11-18(17)20)23(25)24-15-16-27-22-13-7-6-12-21(22)26-2/h4-14,19H,3,15-16H2,1-2H3,(H,24,25)/t19-/m0/s1. The SMILES string of the molecule is CC[C@H](Oc1cccc2ccccc12)C(=O)NCCOc1ccccc1OC. The molecule has 0 saturated carbocycles. The zero-order chi connectivity index (χ0) is 19.8. The number of hydrogen-bond acceptors (Lipinski definition) is 4. The van der Waals surface area contributed by atoms with Gasteiger partial charge in [-0.15, -0.1) is 0 Å². The molecule has 0 fully saturated rings. The van der Waals surface area contributed by atoms with Gasteiger partial charge in [-0.2, -0.15) is 0 Å². The quantitative estimate of drug-likeness (QED) is 0.566. The lowest BCUT2D eigenvalue weighted by Gasteiger charge is -2.19. The van der Waals surface area contributed by atoms with Gasteiger partial charge in [-0.1, -0.05) is 55.5 Å². The van der Waals surface area contributed by atoms with Gasteiger partial charge in [-0.25, -0.2) is 0 Å². The van der Waals surface area contributed by atoms with Gasteiger partial charge in [0.05, 0.1) is 13.7 Å². The highest BCUT2D eigenvalue weighted by molar-refractivity contribution is 5.89. The molecular weight excluding hydrogens is 354 g/mol. The van der Waals surface area contributed by atoms with Gasteiger partial charge in [0.1, 0.15) is 12.4 Å². The van der Waals surface area contributed by atoms with Crippen molar-refractivity contribution >= 4 is 16.7 Å². The van der Waals surface area contributed by atoms with E-state index < -0.39 is 6.10 Å². The summed E-state index contributed by atoms with van der Waals surface area (Å²) in [5.41, 5.74) is 0. The molecule has 3 rings (SSSR count). The van der Waals surface area contributed by atoms with Crippen LogP contribution in [0.5, 0.6) is 17.2 Å². The van der Waals surface area contributed by atoms with E-state index in [0.29, 0.717) is 36.8 Å². The second-order valence-electron chi connectivity index (χ2n) is 6.28. The van der Waals surface area contributed by atoms with E-state index in [9.17, 15) is 4.79 Å². The van der Waals surface area contributed by atoms with Crippen LogP contribution >= 0.6 is 0 Å². The first kappa shape index (κ1) is 19.5. The minimum Gasteiger partial charge on any atom is -0.493 e. The summed E-state index contributed by atoms with van der Waals surface area (Å²) in [7, 11) is 1.60. The van der Waals surface area contributed by atoms with Crippen molar-refractivity contribution in [3.05, 3.63) is 66.7 Å². The second kappa shape index (κ2) is 9.65. The summed E-state index contributed by atoms with van der Waals surface area (Å²) in [6.45, 7) is 2.66. The number of rotatable bonds is 9. The molecule has 1 amide bonds. The van der Waals surface area contributed by atoms with Crippen molar-refractivity contribution in [3.63, 3.8) is 0 Å². The van der Waals surface area contributed by atoms with Gasteiger partial charge >= 0.3 is 0 Å². The zero-order valence-electron chi connectivity index (χ0n) is 16.2. The Labute approximate surface area is 165 Å². The summed E-state index contributed by atoms with van der Waals surface area (Å²) in [5, 5.41) is 4.96. The molecule has 0 aliphatic carbocycles. The first-order chi connectivity index (χ1) is 13.7. The molecule has 0 radical (unpaired) electrons. The molecule has 3 aromatic carbocycles. The number of ether oxygens (including phenoxy) is 3. The Morgan fingerprint density at radius 1 is 0.929 bits per heavy atom. The van der Waals surface area contributed by atoms with Gasteiger partial charge in [0, 0.05) is 5.39 Å². The zero-order valence-corrected chi connectivity index (χ0v) is 16.2. The molecule has 5 heteroatoms. The summed E-state index contributed by atoms with van der Waals surface area (Å²) in [6, 6.07) is 21.2. The summed E-state index contributed by atoms with van der Waals surface area (Å²) in [6.07, 6.45) is 0.0136. The molecule has 0 aromatic heterocycles. The monoisotopic (exact) mass is 379 g/mol. The summed E-state index contributed by atoms with van der Waals surface area (Å²) >= 11 is 0. The van der Waals surface area contributed by atoms with Crippen molar-refractivity contribution in [2.45, 2.75) is 19.4 Å². The summed E-state index contributed by atoms with van der Waals surface area (Å²) < 4.78 is 17.0. The van der Waals surface area contributed by atoms with E-state index in [2.05, 4.69) is 5.32 Å². The van der Waals surface area contributed by atoms with Crippen LogP contribution in [-0.2, 0) is 4.79 Å². The van der Waals surface area contributed by atoms with Gasteiger partial charge in [-0.05, 0) is 30.0 Å². The number of methoxy groups -OCH3 is 1. The van der Waals surface area contributed by atoms with Crippen LogP contribution < -0.4 is 19.5 Å². The molecular formula is C23H25NO4. The first-order valence-electron chi connectivity index (χ1n) is 9.41. The van der Waals surface area contributed by atoms with E-state index in [1.54, 1.807) is 7.11 Å². The number of amides is 1. The van der Waals surface area contributed by atoms with Crippen LogP contribution in [0.2, 0.25) is 0 Å². The molecule has 5 nitrogen and oxygen atoms in total. The Hall–Kier alpha value is -3.21. The summed E-state index contributed by atoms with van der Waals surface area (Å²) in [4.78, 5) is 12.5. The molecule has 0 bridgehead atoms. The van der Waals surface area contributed by atoms with E-state index in [1.807, 2.05) is 73.7 Å². The third-order valence-corrected chi connectivity index (χ3v) is 4.41. The van der Waals surface area contributed by atoms with Gasteiger partial charge in [0.25, 0.3) is 5.91 Å². The van der Waals surface area contributed by atoms with Crippen LogP contribution in [0.15, 0.2) is 66.7 Å². The van der Waals surface area contributed by atoms with Crippen LogP contribution in [0.4, 0.5) is 0 Å². The minimum absolute atomic E-state index is 0.154. The van der Waals surface area contributed by atoms with Crippen molar-refractivity contribution < 1.29 is 19.0 Å². The van der Waals surface area contributed by atoms with Crippen LogP contribution in [-0.4, -0.2) is 32.3 Å². The van der Waals surface area contributed by atoms with Crippen LogP contribution in [0, 0.1) is 0 Å². The highest BCUT2D eigenvalue weighted by Crippen LogP contribution is 2.27. The smallest absolute Gasteiger partial charge is 0.261 e. The fraction of sp³-hybridized carbons (Fsp3) is 0.261. The maximum Gasteiger partial charge on any atom is 0.261 e. The minimum atomic E-state index is -0.558. The molecule has 0 saturated heterocycles. The fourth-order valence-electron chi connectivity index (χ4n) is 2.96. The predicted molar refractivity (Wildman–Crippen MR) is 110 cm³/mol. The maximum atomic E-state index is 12.5. The highest BCUT2D eigenvalue weighted by atomic mass is 16.5. The second-order valence-corrected chi connectivity index (χ2v) is 6.28. The topological polar surface area (TPSA) is 56.8 Å². The maximum absolute atomic E-state index is 12.5. The van der Waals surface area contributed by atoms with Gasteiger partial charge in [0.15, 0.2) is 17.6 Å². The molecule has 28 heavy (non-hydrogen) atoms. The first-order valence-corrected chi connectivity index (χ1v) is 9.41. The van der Waals surface area contributed by atoms with Crippen molar-refractivity contribution in [1.82, 2.24) is 5.32 Å². The number of fused-ring (bicyclic) bond motifs is 1. The van der Waals surface area contributed by atoms with Crippen molar-refractivity contribution in [1.29, 1.82) is 0 Å². The molecule has 1 N–H and O–H groups in total. The molecule has 3 aromatic rings. The number of nitrogens with one attached hydrogen (secondary N) is 1. The molecule has 1 atom stereocenters. The van der Waals surface area contributed by atoms with E-state index in [0.717, 1.165) is 10.8 Å². The Morgan fingerprint density at radius 3 is 2.39 bits per heavy atom. The molecule has 146 valence electrons. The normalized spacial score (nSPS) is 11.6. The van der Waals surface area contributed by atoms with E-state index in [1.165, 1.54) is 0 Å². The Kier molecular flexibility index (Phi) is 6.73. The van der Waals surface area contributed by atoms with Crippen LogP contribution in [0.3, 0.4) is 0 Å². The number of carbonyl (C=O) groups is 1. The average molecular weight is 379 g/mol. The number of para-hydroxylation sites is 2. The number of hydrogen-bond donors (Lipinski definition) is 1. The average Bonchev–Trinajstić information content (AvgIpc) is 2.75. The van der Waals surface area contributed by atoms with Crippen molar-refractivity contribution in [2.75, 3.05) is 20.3 Å². The van der Waals surface area contributed by atoms with Gasteiger partial charge in [0.2, 0.25) is 0 Å². The van der Waals surface area contributed by atoms with Crippen LogP contribution in [0.1, 0.15) is 13.3 Å². The fourth-order valence-corrected chi connectivity index (χ4v) is 2.96. The third-order valence-electron chi connectivity index (χ3n) is 4.41. The van der Waals surface area contributed by atoms with E-state index >= 15 is 0 Å². The Bertz CT molecular complexity index is 920. The lowest BCUT2D eigenvalue weighted by molar-refractivity contribution is -0.128. The third kappa shape index (κ3) is 4.74. The molecule has 0 aliphatic rings. The lowest BCUT2D eigenvalue weighted by atomic mass is 10.1. The number of carbonyl (C=O) groups excluding carboxylic acids is 1. The van der Waals surface area contributed by atoms with Gasteiger partial charge in [-0.3, -0.25) is 4.79 Å². The van der Waals surface area contributed by atoms with Crippen LogP contribution in [0.25, 0.3) is 10.8 Å². The van der Waals surface area contributed by atoms with E-state index in [-0.39, 0.29) is 5.91 Å². The lowest BCUT2D eigenvalue weighted by Crippen LogP contribution is -2.39. The molecule has 0 spiro atoms. The Morgan fingerprint density at radius 2 is 1.61 bits per heavy atom. The molecule has 0 aliphatic heterocycles. The predicted octanol–water partition coefficient (Wildman–Crippen LogP) is 4.20. The molecule has 0 heterocycles. The summed E-state index contributed by atoms with van der Waals surface area (Å²) in [5.74, 6) is 1.88. The highest BCUT2D eigenvalue weighted by Gasteiger charge is 2.19. The van der Waals surface area contributed by atoms with Gasteiger partial charge < -0.3 is 19.5 Å². The largest absolute Gasteiger partial charge is 0.493 e. The Balaban J connectivity index is 1.55. The van der Waals surface area contributed by atoms with Crippen molar-refractivity contribution in [3.8, 4) is 17.2 Å². The number of benzene rings is 3. The molecule has 0 unspecified atom stereocenters. The van der Waals surface area contributed by atoms with E-state index in [4.69, 9.17) is 14.2 Å².